The number of amides is 1. The molecular formula is C9H8N2OS2. The van der Waals surface area contributed by atoms with E-state index < -0.39 is 5.91 Å². The molecule has 2 N–H and O–H groups in total. The van der Waals surface area contributed by atoms with Crippen molar-refractivity contribution in [2.24, 2.45) is 5.73 Å². The fourth-order valence-corrected chi connectivity index (χ4v) is 2.76. The zero-order chi connectivity index (χ0) is 10.1. The van der Waals surface area contributed by atoms with Gasteiger partial charge in [0.15, 0.2) is 0 Å². The molecule has 5 heteroatoms. The number of nitrogens with two attached hydrogens (primary N) is 1. The molecule has 2 aromatic rings. The molecule has 0 aliphatic carbocycles. The van der Waals surface area contributed by atoms with E-state index in [0.29, 0.717) is 10.6 Å². The van der Waals surface area contributed by atoms with Gasteiger partial charge in [0.25, 0.3) is 5.91 Å². The molecule has 0 aromatic carbocycles. The van der Waals surface area contributed by atoms with Gasteiger partial charge in [-0.3, -0.25) is 4.79 Å². The Morgan fingerprint density at radius 3 is 2.86 bits per heavy atom. The Kier molecular flexibility index (Phi) is 2.35. The summed E-state index contributed by atoms with van der Waals surface area (Å²) >= 11 is 2.95. The molecule has 2 aromatic heterocycles. The van der Waals surface area contributed by atoms with Crippen molar-refractivity contribution in [1.82, 2.24) is 4.98 Å². The normalized spacial score (nSPS) is 10.4. The number of carbonyl (C=O) groups excluding carboxylic acids is 1. The van der Waals surface area contributed by atoms with Gasteiger partial charge in [0, 0.05) is 10.9 Å². The van der Waals surface area contributed by atoms with Crippen LogP contribution in [0.2, 0.25) is 0 Å². The first-order chi connectivity index (χ1) is 6.68. The highest BCUT2D eigenvalue weighted by Crippen LogP contribution is 2.28. The first kappa shape index (κ1) is 9.36. The molecular weight excluding hydrogens is 216 g/mol. The molecule has 0 bridgehead atoms. The minimum absolute atomic E-state index is 0.401. The third-order valence-corrected chi connectivity index (χ3v) is 3.69. The molecule has 14 heavy (non-hydrogen) atoms. The molecule has 3 nitrogen and oxygen atoms in total. The topological polar surface area (TPSA) is 56.0 Å². The fourth-order valence-electron chi connectivity index (χ4n) is 1.13. The van der Waals surface area contributed by atoms with E-state index in [4.69, 9.17) is 5.73 Å². The first-order valence-corrected chi connectivity index (χ1v) is 5.74. The number of hydrogen-bond donors (Lipinski definition) is 1. The lowest BCUT2D eigenvalue weighted by Crippen LogP contribution is -2.09. The largest absolute Gasteiger partial charge is 0.365 e. The van der Waals surface area contributed by atoms with Gasteiger partial charge in [0.1, 0.15) is 9.88 Å². The van der Waals surface area contributed by atoms with E-state index in [1.54, 1.807) is 18.3 Å². The van der Waals surface area contributed by atoms with Gasteiger partial charge in [0.2, 0.25) is 0 Å². The van der Waals surface area contributed by atoms with Crippen LogP contribution in [0.15, 0.2) is 16.8 Å². The fraction of sp³-hybridized carbons (Fsp3) is 0.111. The Morgan fingerprint density at radius 2 is 2.36 bits per heavy atom. The number of thiazole rings is 1. The molecule has 0 radical (unpaired) electrons. The molecule has 0 unspecified atom stereocenters. The van der Waals surface area contributed by atoms with Crippen molar-refractivity contribution in [2.75, 3.05) is 0 Å². The SMILES string of the molecule is Cc1nc(-c2ccsc2)sc1C(N)=O. The van der Waals surface area contributed by atoms with Crippen LogP contribution in [0.4, 0.5) is 0 Å². The quantitative estimate of drug-likeness (QED) is 0.850. The lowest BCUT2D eigenvalue weighted by atomic mass is 10.3. The number of carbonyl (C=O) groups is 1. The molecule has 0 aliphatic heterocycles. The summed E-state index contributed by atoms with van der Waals surface area (Å²) in [7, 11) is 0. The maximum atomic E-state index is 11.0. The van der Waals surface area contributed by atoms with Crippen LogP contribution in [0.25, 0.3) is 10.6 Å². The van der Waals surface area contributed by atoms with Crippen LogP contribution < -0.4 is 5.73 Å². The summed E-state index contributed by atoms with van der Waals surface area (Å²) in [6, 6.07) is 1.98. The number of nitrogens with zero attached hydrogens (tertiary/aromatic N) is 1. The van der Waals surface area contributed by atoms with Gasteiger partial charge in [-0.05, 0) is 18.4 Å². The van der Waals surface area contributed by atoms with Crippen molar-refractivity contribution in [3.63, 3.8) is 0 Å². The second-order valence-corrected chi connectivity index (χ2v) is 4.59. The molecule has 0 atom stereocenters. The first-order valence-electron chi connectivity index (χ1n) is 3.98. The minimum Gasteiger partial charge on any atom is -0.365 e. The van der Waals surface area contributed by atoms with Crippen molar-refractivity contribution in [2.45, 2.75) is 6.92 Å². The maximum Gasteiger partial charge on any atom is 0.260 e. The molecule has 0 fully saturated rings. The summed E-state index contributed by atoms with van der Waals surface area (Å²) in [5.41, 5.74) is 6.98. The summed E-state index contributed by atoms with van der Waals surface area (Å²) in [5, 5.41) is 4.84. The van der Waals surface area contributed by atoms with E-state index in [-0.39, 0.29) is 0 Å². The predicted octanol–water partition coefficient (Wildman–Crippen LogP) is 2.28. The van der Waals surface area contributed by atoms with Gasteiger partial charge in [-0.15, -0.1) is 11.3 Å². The van der Waals surface area contributed by atoms with Crippen LogP contribution >= 0.6 is 22.7 Å². The average molecular weight is 224 g/mol. The number of thiophene rings is 1. The number of rotatable bonds is 2. The second kappa shape index (κ2) is 3.51. The lowest BCUT2D eigenvalue weighted by molar-refractivity contribution is 0.100. The highest BCUT2D eigenvalue weighted by Gasteiger charge is 2.13. The third-order valence-electron chi connectivity index (χ3n) is 1.79. The van der Waals surface area contributed by atoms with Crippen LogP contribution in [-0.2, 0) is 0 Å². The minimum atomic E-state index is -0.401. The monoisotopic (exact) mass is 224 g/mol. The van der Waals surface area contributed by atoms with Gasteiger partial charge in [-0.25, -0.2) is 4.98 Å². The summed E-state index contributed by atoms with van der Waals surface area (Å²) in [6.45, 7) is 1.80. The molecule has 2 rings (SSSR count). The summed E-state index contributed by atoms with van der Waals surface area (Å²) in [6.07, 6.45) is 0. The van der Waals surface area contributed by atoms with Gasteiger partial charge in [-0.1, -0.05) is 0 Å². The highest BCUT2D eigenvalue weighted by atomic mass is 32.1. The van der Waals surface area contributed by atoms with E-state index in [1.807, 2.05) is 16.8 Å². The van der Waals surface area contributed by atoms with Crippen LogP contribution in [-0.4, -0.2) is 10.9 Å². The maximum absolute atomic E-state index is 11.0. The van der Waals surface area contributed by atoms with Crippen molar-refractivity contribution >= 4 is 28.6 Å². The van der Waals surface area contributed by atoms with Crippen LogP contribution in [0.3, 0.4) is 0 Å². The lowest BCUT2D eigenvalue weighted by Gasteiger charge is -1.86. The zero-order valence-electron chi connectivity index (χ0n) is 7.48. The predicted molar refractivity (Wildman–Crippen MR) is 58.7 cm³/mol. The van der Waals surface area contributed by atoms with Gasteiger partial charge < -0.3 is 5.73 Å². The zero-order valence-corrected chi connectivity index (χ0v) is 9.11. The molecule has 0 aliphatic rings. The van der Waals surface area contributed by atoms with Gasteiger partial charge in [0.05, 0.1) is 5.69 Å². The van der Waals surface area contributed by atoms with Crippen molar-refractivity contribution in [1.29, 1.82) is 0 Å². The van der Waals surface area contributed by atoms with Crippen molar-refractivity contribution < 1.29 is 4.79 Å². The molecule has 72 valence electrons. The Labute approximate surface area is 89.2 Å². The third kappa shape index (κ3) is 1.56. The summed E-state index contributed by atoms with van der Waals surface area (Å²) < 4.78 is 0. The number of primary amides is 1. The smallest absolute Gasteiger partial charge is 0.260 e. The van der Waals surface area contributed by atoms with Gasteiger partial charge >= 0.3 is 0 Å². The number of aromatic nitrogens is 1. The molecule has 2 heterocycles. The molecule has 0 spiro atoms. The van der Waals surface area contributed by atoms with Gasteiger partial charge in [-0.2, -0.15) is 11.3 Å². The van der Waals surface area contributed by atoms with Crippen LogP contribution in [0.1, 0.15) is 15.4 Å². The number of aryl methyl sites for hydroxylation is 1. The summed E-state index contributed by atoms with van der Waals surface area (Å²) in [5.74, 6) is -0.401. The molecule has 0 saturated heterocycles. The molecule has 0 saturated carbocycles. The average Bonchev–Trinajstić information content (AvgIpc) is 2.70. The van der Waals surface area contributed by atoms with E-state index >= 15 is 0 Å². The van der Waals surface area contributed by atoms with Crippen molar-refractivity contribution in [3.05, 3.63) is 27.4 Å². The Bertz CT molecular complexity index is 459. The Hall–Kier alpha value is -1.20. The van der Waals surface area contributed by atoms with E-state index in [1.165, 1.54) is 11.3 Å². The van der Waals surface area contributed by atoms with E-state index in [2.05, 4.69) is 4.98 Å². The Balaban J connectivity index is 2.48. The number of hydrogen-bond acceptors (Lipinski definition) is 4. The van der Waals surface area contributed by atoms with E-state index in [9.17, 15) is 4.79 Å². The summed E-state index contributed by atoms with van der Waals surface area (Å²) in [4.78, 5) is 15.8. The van der Waals surface area contributed by atoms with Crippen LogP contribution in [0.5, 0.6) is 0 Å². The van der Waals surface area contributed by atoms with E-state index in [0.717, 1.165) is 10.6 Å². The standard InChI is InChI=1S/C9H8N2OS2/c1-5-7(8(10)12)14-9(11-5)6-2-3-13-4-6/h2-4H,1H3,(H2,10,12). The second-order valence-electron chi connectivity index (χ2n) is 2.81. The highest BCUT2D eigenvalue weighted by molar-refractivity contribution is 7.17. The molecule has 1 amide bonds. The van der Waals surface area contributed by atoms with Crippen LogP contribution in [0, 0.1) is 6.92 Å². The van der Waals surface area contributed by atoms with Crippen molar-refractivity contribution in [3.8, 4) is 10.6 Å². The Morgan fingerprint density at radius 1 is 1.57 bits per heavy atom.